The molecule has 0 saturated heterocycles. The SMILES string of the molecule is CC1=C(C(=O)Nc2ccc(Cl)cc2)[C@@H](c2cccc(OCc3ccccc3)c2)n2ncnc2N1. The van der Waals surface area contributed by atoms with Crippen LogP contribution in [0, 0.1) is 0 Å². The molecule has 3 aromatic carbocycles. The maximum atomic E-state index is 13.4. The molecule has 0 saturated carbocycles. The minimum Gasteiger partial charge on any atom is -0.489 e. The van der Waals surface area contributed by atoms with Gasteiger partial charge in [0.05, 0.1) is 5.57 Å². The lowest BCUT2D eigenvalue weighted by molar-refractivity contribution is -0.113. The zero-order valence-corrected chi connectivity index (χ0v) is 19.2. The molecule has 0 unspecified atom stereocenters. The van der Waals surface area contributed by atoms with E-state index in [2.05, 4.69) is 20.7 Å². The van der Waals surface area contributed by atoms with Gasteiger partial charge in [-0.25, -0.2) is 4.68 Å². The number of nitrogens with one attached hydrogen (secondary N) is 2. The Morgan fingerprint density at radius 1 is 1.09 bits per heavy atom. The van der Waals surface area contributed by atoms with Gasteiger partial charge in [-0.15, -0.1) is 0 Å². The van der Waals surface area contributed by atoms with Crippen molar-refractivity contribution in [2.75, 3.05) is 10.6 Å². The van der Waals surface area contributed by atoms with E-state index in [1.165, 1.54) is 6.33 Å². The first-order valence-electron chi connectivity index (χ1n) is 10.8. The molecule has 8 heteroatoms. The number of benzene rings is 3. The summed E-state index contributed by atoms with van der Waals surface area (Å²) in [5.41, 5.74) is 3.82. The van der Waals surface area contributed by atoms with Crippen molar-refractivity contribution < 1.29 is 9.53 Å². The second-order valence-corrected chi connectivity index (χ2v) is 8.34. The quantitative estimate of drug-likeness (QED) is 0.391. The zero-order valence-electron chi connectivity index (χ0n) is 18.4. The number of carbonyl (C=O) groups excluding carboxylic acids is 1. The summed E-state index contributed by atoms with van der Waals surface area (Å²) >= 11 is 5.98. The van der Waals surface area contributed by atoms with Crippen molar-refractivity contribution in [3.8, 4) is 5.75 Å². The normalized spacial score (nSPS) is 14.8. The number of rotatable bonds is 6. The highest BCUT2D eigenvalue weighted by Crippen LogP contribution is 2.36. The van der Waals surface area contributed by atoms with Gasteiger partial charge in [0.1, 0.15) is 24.7 Å². The van der Waals surface area contributed by atoms with Gasteiger partial charge in [0.15, 0.2) is 0 Å². The second-order valence-electron chi connectivity index (χ2n) is 7.90. The fourth-order valence-electron chi connectivity index (χ4n) is 3.94. The van der Waals surface area contributed by atoms with Crippen molar-refractivity contribution in [2.24, 2.45) is 0 Å². The van der Waals surface area contributed by atoms with Crippen molar-refractivity contribution in [1.29, 1.82) is 0 Å². The first-order valence-corrected chi connectivity index (χ1v) is 11.2. The summed E-state index contributed by atoms with van der Waals surface area (Å²) in [5, 5.41) is 11.1. The van der Waals surface area contributed by atoms with Gasteiger partial charge in [0.2, 0.25) is 5.95 Å². The lowest BCUT2D eigenvalue weighted by Gasteiger charge is -2.29. The van der Waals surface area contributed by atoms with Crippen LogP contribution in [0.3, 0.4) is 0 Å². The Labute approximate surface area is 202 Å². The second kappa shape index (κ2) is 9.41. The van der Waals surface area contributed by atoms with Crippen LogP contribution in [0.2, 0.25) is 5.02 Å². The number of nitrogens with zero attached hydrogens (tertiary/aromatic N) is 3. The van der Waals surface area contributed by atoms with E-state index in [-0.39, 0.29) is 5.91 Å². The molecule has 5 rings (SSSR count). The molecule has 0 fully saturated rings. The average molecular weight is 472 g/mol. The first kappa shape index (κ1) is 21.7. The lowest BCUT2D eigenvalue weighted by Crippen LogP contribution is -2.31. The highest BCUT2D eigenvalue weighted by molar-refractivity contribution is 6.30. The van der Waals surface area contributed by atoms with E-state index >= 15 is 0 Å². The highest BCUT2D eigenvalue weighted by atomic mass is 35.5. The number of fused-ring (bicyclic) bond motifs is 1. The van der Waals surface area contributed by atoms with Crippen molar-refractivity contribution in [1.82, 2.24) is 14.8 Å². The Kier molecular flexibility index (Phi) is 6.01. The molecule has 34 heavy (non-hydrogen) atoms. The van der Waals surface area contributed by atoms with Crippen molar-refractivity contribution in [3.05, 3.63) is 113 Å². The summed E-state index contributed by atoms with van der Waals surface area (Å²) < 4.78 is 7.74. The summed E-state index contributed by atoms with van der Waals surface area (Å²) in [6, 6.07) is 24.2. The summed E-state index contributed by atoms with van der Waals surface area (Å²) in [6.45, 7) is 2.31. The zero-order chi connectivity index (χ0) is 23.5. The van der Waals surface area contributed by atoms with Crippen LogP contribution in [0.1, 0.15) is 24.1 Å². The predicted molar refractivity (Wildman–Crippen MR) is 132 cm³/mol. The van der Waals surface area contributed by atoms with E-state index in [1.54, 1.807) is 28.9 Å². The van der Waals surface area contributed by atoms with Crippen LogP contribution in [-0.2, 0) is 11.4 Å². The number of hydrogen-bond acceptors (Lipinski definition) is 5. The van der Waals surface area contributed by atoms with E-state index in [0.717, 1.165) is 11.1 Å². The van der Waals surface area contributed by atoms with E-state index in [9.17, 15) is 4.79 Å². The lowest BCUT2D eigenvalue weighted by atomic mass is 9.95. The molecular formula is C26H22ClN5O2. The Morgan fingerprint density at radius 2 is 1.88 bits per heavy atom. The molecule has 4 aromatic rings. The van der Waals surface area contributed by atoms with Gasteiger partial charge in [0, 0.05) is 16.4 Å². The Bertz CT molecular complexity index is 1350. The third-order valence-electron chi connectivity index (χ3n) is 5.56. The van der Waals surface area contributed by atoms with Gasteiger partial charge in [-0.3, -0.25) is 4.79 Å². The van der Waals surface area contributed by atoms with Gasteiger partial charge in [-0.05, 0) is 54.4 Å². The number of carbonyl (C=O) groups is 1. The Morgan fingerprint density at radius 3 is 2.68 bits per heavy atom. The van der Waals surface area contributed by atoms with Gasteiger partial charge in [-0.2, -0.15) is 10.1 Å². The number of halogens is 1. The molecule has 2 N–H and O–H groups in total. The van der Waals surface area contributed by atoms with Crippen molar-refractivity contribution in [2.45, 2.75) is 19.6 Å². The minimum absolute atomic E-state index is 0.242. The molecule has 1 aliphatic rings. The fourth-order valence-corrected chi connectivity index (χ4v) is 4.07. The number of anilines is 2. The molecule has 0 aliphatic carbocycles. The van der Waals surface area contributed by atoms with Crippen LogP contribution in [0.4, 0.5) is 11.6 Å². The standard InChI is InChI=1S/C26H22ClN5O2/c1-17-23(25(33)31-21-12-10-20(27)11-13-21)24(32-26(30-17)28-16-29-32)19-8-5-9-22(14-19)34-15-18-6-3-2-4-7-18/h2-14,16,24H,15H2,1H3,(H,31,33)(H,28,29,30)/t24-/m1/s1. The minimum atomic E-state index is -0.480. The molecule has 7 nitrogen and oxygen atoms in total. The highest BCUT2D eigenvalue weighted by Gasteiger charge is 2.33. The molecule has 0 bridgehead atoms. The monoisotopic (exact) mass is 471 g/mol. The molecule has 0 spiro atoms. The molecule has 1 amide bonds. The molecule has 170 valence electrons. The van der Waals surface area contributed by atoms with E-state index in [1.807, 2.05) is 61.5 Å². The smallest absolute Gasteiger partial charge is 0.255 e. The number of hydrogen-bond donors (Lipinski definition) is 2. The molecule has 2 heterocycles. The Balaban J connectivity index is 1.46. The predicted octanol–water partition coefficient (Wildman–Crippen LogP) is 5.44. The van der Waals surface area contributed by atoms with Crippen molar-refractivity contribution >= 4 is 29.1 Å². The molecule has 1 aliphatic heterocycles. The third kappa shape index (κ3) is 4.51. The number of ether oxygens (including phenoxy) is 1. The van der Waals surface area contributed by atoms with Gasteiger partial charge >= 0.3 is 0 Å². The first-order chi connectivity index (χ1) is 16.6. The number of allylic oxidation sites excluding steroid dienone is 1. The van der Waals surface area contributed by atoms with E-state index in [0.29, 0.717) is 40.3 Å². The maximum absolute atomic E-state index is 13.4. The van der Waals surface area contributed by atoms with Crippen LogP contribution in [0.15, 0.2) is 96.5 Å². The van der Waals surface area contributed by atoms with Gasteiger partial charge in [0.25, 0.3) is 5.91 Å². The van der Waals surface area contributed by atoms with Crippen molar-refractivity contribution in [3.63, 3.8) is 0 Å². The average Bonchev–Trinajstić information content (AvgIpc) is 3.32. The van der Waals surface area contributed by atoms with E-state index in [4.69, 9.17) is 16.3 Å². The number of aromatic nitrogens is 3. The van der Waals surface area contributed by atoms with Crippen LogP contribution in [0.5, 0.6) is 5.75 Å². The van der Waals surface area contributed by atoms with Crippen LogP contribution < -0.4 is 15.4 Å². The van der Waals surface area contributed by atoms with Gasteiger partial charge < -0.3 is 15.4 Å². The van der Waals surface area contributed by atoms with Crippen LogP contribution in [0.25, 0.3) is 0 Å². The fraction of sp³-hybridized carbons (Fsp3) is 0.115. The molecule has 1 atom stereocenters. The molecule has 0 radical (unpaired) electrons. The van der Waals surface area contributed by atoms with Crippen LogP contribution >= 0.6 is 11.6 Å². The van der Waals surface area contributed by atoms with Crippen LogP contribution in [-0.4, -0.2) is 20.7 Å². The summed E-state index contributed by atoms with van der Waals surface area (Å²) in [4.78, 5) is 17.7. The topological polar surface area (TPSA) is 81.1 Å². The van der Waals surface area contributed by atoms with E-state index < -0.39 is 6.04 Å². The van der Waals surface area contributed by atoms with Gasteiger partial charge in [-0.1, -0.05) is 54.1 Å². The summed E-state index contributed by atoms with van der Waals surface area (Å²) in [7, 11) is 0. The third-order valence-corrected chi connectivity index (χ3v) is 5.82. The molecular weight excluding hydrogens is 450 g/mol. The Hall–Kier alpha value is -4.10. The summed E-state index contributed by atoms with van der Waals surface area (Å²) in [5.74, 6) is 1.03. The largest absolute Gasteiger partial charge is 0.489 e. The molecule has 1 aromatic heterocycles. The summed E-state index contributed by atoms with van der Waals surface area (Å²) in [6.07, 6.45) is 1.47. The maximum Gasteiger partial charge on any atom is 0.255 e. The number of amides is 1.